The third-order valence-corrected chi connectivity index (χ3v) is 14.0. The van der Waals surface area contributed by atoms with E-state index in [1.165, 1.54) is 180 Å². The fourth-order valence-corrected chi connectivity index (χ4v) is 9.13. The van der Waals surface area contributed by atoms with Crippen LogP contribution in [0.2, 0.25) is 0 Å². The van der Waals surface area contributed by atoms with Crippen molar-refractivity contribution in [1.29, 1.82) is 0 Å². The molecule has 2 N–H and O–H groups in total. The van der Waals surface area contributed by atoms with Crippen LogP contribution < -0.4 is 5.32 Å². The van der Waals surface area contributed by atoms with Crippen LogP contribution in [0.5, 0.6) is 0 Å². The van der Waals surface area contributed by atoms with Crippen molar-refractivity contribution in [1.82, 2.24) is 5.32 Å². The molecule has 1 amide bonds. The minimum Gasteiger partial charge on any atom is -0.456 e. The van der Waals surface area contributed by atoms with Gasteiger partial charge in [0.25, 0.3) is 0 Å². The summed E-state index contributed by atoms with van der Waals surface area (Å²) in [6.45, 7) is 6.96. The number of likely N-dealkylation sites (N-methyl/N-ethyl adjacent to an activating group) is 1. The number of esters is 1. The predicted molar refractivity (Wildman–Crippen MR) is 300 cm³/mol. The van der Waals surface area contributed by atoms with Crippen LogP contribution in [0.3, 0.4) is 0 Å². The molecule has 0 aliphatic heterocycles. The zero-order valence-corrected chi connectivity index (χ0v) is 47.7. The Morgan fingerprint density at radius 1 is 0.500 bits per heavy atom. The van der Waals surface area contributed by atoms with E-state index >= 15 is 0 Å². The molecule has 0 aliphatic carbocycles. The van der Waals surface area contributed by atoms with Gasteiger partial charge in [0.05, 0.1) is 33.8 Å². The highest BCUT2D eigenvalue weighted by atomic mass is 31.2. The molecule has 10 heteroatoms. The number of hydrogen-bond acceptors (Lipinski definition) is 6. The number of allylic oxidation sites excluding steroid dienone is 7. The summed E-state index contributed by atoms with van der Waals surface area (Å²) in [6.07, 6.45) is 61.2. The quantitative estimate of drug-likeness (QED) is 0.0205. The van der Waals surface area contributed by atoms with Crippen LogP contribution in [0, 0.1) is 0 Å². The first-order valence-electron chi connectivity index (χ1n) is 29.5. The van der Waals surface area contributed by atoms with Gasteiger partial charge in [-0.1, -0.05) is 230 Å². The van der Waals surface area contributed by atoms with E-state index in [0.717, 1.165) is 51.4 Å². The SMILES string of the molecule is CCCCCCCC/C=C\C/C=C/CCC(=O)NC(COP(=O)(O)OCC[N+](C)(C)C)C(/C=C\CCCCCCCCCCCC)OC(=O)CCCCCCCCCCC/C=C/CCCCCCCC. The molecule has 0 bridgehead atoms. The average molecular weight is 1010 g/mol. The summed E-state index contributed by atoms with van der Waals surface area (Å²) >= 11 is 0. The molecule has 410 valence electrons. The number of nitrogens with zero attached hydrogens (tertiary/aromatic N) is 1. The summed E-state index contributed by atoms with van der Waals surface area (Å²) in [4.78, 5) is 37.5. The molecule has 3 unspecified atom stereocenters. The van der Waals surface area contributed by atoms with Gasteiger partial charge in [-0.15, -0.1) is 0 Å². The summed E-state index contributed by atoms with van der Waals surface area (Å²) < 4.78 is 30.6. The van der Waals surface area contributed by atoms with Gasteiger partial charge in [-0.25, -0.2) is 4.57 Å². The number of carbonyl (C=O) groups excluding carboxylic acids is 2. The number of hydrogen-bond donors (Lipinski definition) is 2. The van der Waals surface area contributed by atoms with Crippen molar-refractivity contribution >= 4 is 19.7 Å². The summed E-state index contributed by atoms with van der Waals surface area (Å²) in [5, 5.41) is 3.01. The standard InChI is InChI=1S/C60H113N2O7P/c1-7-10-13-16-19-22-25-28-29-30-31-32-33-35-38-41-44-47-50-53-60(64)69-58(51-48-45-42-39-36-27-24-21-18-15-12-9-3)57(56-68-70(65,66)67-55-54-62(4,5)6)61-59(63)52-49-46-43-40-37-34-26-23-20-17-14-11-8-2/h28-29,34,37,43,46,48,51,57-58H,7-27,30-33,35-36,38-42,44-45,47,49-50,52-56H2,1-6H3,(H-,61,63,65,66)/p+1/b29-28+,37-34-,46-43+,51-48-. The topological polar surface area (TPSA) is 111 Å². The molecule has 0 aromatic carbocycles. The number of nitrogens with one attached hydrogen (secondary N) is 1. The monoisotopic (exact) mass is 1010 g/mol. The smallest absolute Gasteiger partial charge is 0.456 e. The number of unbranched alkanes of at least 4 members (excludes halogenated alkanes) is 31. The van der Waals surface area contributed by atoms with Crippen LogP contribution >= 0.6 is 7.82 Å². The molecule has 9 nitrogen and oxygen atoms in total. The van der Waals surface area contributed by atoms with Crippen molar-refractivity contribution in [2.75, 3.05) is 40.9 Å². The van der Waals surface area contributed by atoms with E-state index in [1.54, 1.807) is 0 Å². The molecule has 0 rings (SSSR count). The second-order valence-corrected chi connectivity index (χ2v) is 22.6. The highest BCUT2D eigenvalue weighted by Crippen LogP contribution is 2.43. The minimum atomic E-state index is -4.46. The highest BCUT2D eigenvalue weighted by molar-refractivity contribution is 7.47. The van der Waals surface area contributed by atoms with Crippen molar-refractivity contribution in [2.24, 2.45) is 0 Å². The lowest BCUT2D eigenvalue weighted by molar-refractivity contribution is -0.870. The van der Waals surface area contributed by atoms with Crippen LogP contribution in [-0.2, 0) is 27.9 Å². The summed E-state index contributed by atoms with van der Waals surface area (Å²) in [5.74, 6) is -0.580. The van der Waals surface area contributed by atoms with E-state index in [0.29, 0.717) is 17.4 Å². The Hall–Kier alpha value is -2.03. The number of quaternary nitrogens is 1. The van der Waals surface area contributed by atoms with Crippen molar-refractivity contribution in [3.8, 4) is 0 Å². The lowest BCUT2D eigenvalue weighted by atomic mass is 10.0. The molecule has 0 radical (unpaired) electrons. The van der Waals surface area contributed by atoms with Gasteiger partial charge in [-0.05, 0) is 76.7 Å². The molecular formula is C60H114N2O7P+. The number of phosphoric ester groups is 1. The molecule has 0 saturated carbocycles. The van der Waals surface area contributed by atoms with E-state index in [-0.39, 0.29) is 37.9 Å². The number of ether oxygens (including phenoxy) is 1. The van der Waals surface area contributed by atoms with Crippen molar-refractivity contribution < 1.29 is 37.3 Å². The van der Waals surface area contributed by atoms with Gasteiger partial charge in [0.2, 0.25) is 5.91 Å². The average Bonchev–Trinajstić information content (AvgIpc) is 3.32. The maximum atomic E-state index is 13.4. The number of phosphoric acid groups is 1. The predicted octanol–water partition coefficient (Wildman–Crippen LogP) is 17.7. The Balaban J connectivity index is 5.33. The summed E-state index contributed by atoms with van der Waals surface area (Å²) in [5.41, 5.74) is 0. The first-order chi connectivity index (χ1) is 33.9. The third kappa shape index (κ3) is 50.9. The minimum absolute atomic E-state index is 0.0311. The molecule has 0 aromatic heterocycles. The van der Waals surface area contributed by atoms with Gasteiger partial charge in [0.15, 0.2) is 0 Å². The third-order valence-electron chi connectivity index (χ3n) is 13.0. The van der Waals surface area contributed by atoms with E-state index in [4.69, 9.17) is 13.8 Å². The van der Waals surface area contributed by atoms with E-state index < -0.39 is 20.0 Å². The zero-order valence-electron chi connectivity index (χ0n) is 46.8. The van der Waals surface area contributed by atoms with Gasteiger partial charge in [-0.3, -0.25) is 18.6 Å². The van der Waals surface area contributed by atoms with Crippen molar-refractivity contribution in [3.05, 3.63) is 48.6 Å². The fourth-order valence-electron chi connectivity index (χ4n) is 8.40. The van der Waals surface area contributed by atoms with Crippen LogP contribution in [0.1, 0.15) is 271 Å². The molecular weight excluding hydrogens is 892 g/mol. The van der Waals surface area contributed by atoms with Crippen LogP contribution in [0.15, 0.2) is 48.6 Å². The molecule has 0 fully saturated rings. The van der Waals surface area contributed by atoms with E-state index in [9.17, 15) is 19.0 Å². The molecule has 0 aromatic rings. The number of rotatable bonds is 53. The number of amides is 1. The fraction of sp³-hybridized carbons (Fsp3) is 0.833. The Bertz CT molecular complexity index is 1340. The normalized spacial score (nSPS) is 14.1. The molecule has 3 atom stereocenters. The molecule has 0 saturated heterocycles. The lowest BCUT2D eigenvalue weighted by Crippen LogP contribution is -2.47. The van der Waals surface area contributed by atoms with E-state index in [2.05, 4.69) is 56.5 Å². The first-order valence-corrected chi connectivity index (χ1v) is 31.0. The molecule has 0 aliphatic rings. The summed E-state index contributed by atoms with van der Waals surface area (Å²) in [7, 11) is 1.47. The van der Waals surface area contributed by atoms with E-state index in [1.807, 2.05) is 39.4 Å². The maximum Gasteiger partial charge on any atom is 0.472 e. The highest BCUT2D eigenvalue weighted by Gasteiger charge is 2.30. The first kappa shape index (κ1) is 68.0. The van der Waals surface area contributed by atoms with Gasteiger partial charge < -0.3 is 19.4 Å². The Kier molecular flexibility index (Phi) is 49.0. The molecule has 70 heavy (non-hydrogen) atoms. The van der Waals surface area contributed by atoms with Gasteiger partial charge in [0, 0.05) is 12.8 Å². The zero-order chi connectivity index (χ0) is 51.5. The lowest BCUT2D eigenvalue weighted by Gasteiger charge is -2.27. The van der Waals surface area contributed by atoms with Crippen molar-refractivity contribution in [2.45, 2.75) is 283 Å². The van der Waals surface area contributed by atoms with Crippen LogP contribution in [0.25, 0.3) is 0 Å². The summed E-state index contributed by atoms with van der Waals surface area (Å²) in [6, 6.07) is -0.877. The Morgan fingerprint density at radius 3 is 1.33 bits per heavy atom. The maximum absolute atomic E-state index is 13.4. The van der Waals surface area contributed by atoms with Gasteiger partial charge in [-0.2, -0.15) is 0 Å². The Morgan fingerprint density at radius 2 is 0.886 bits per heavy atom. The molecule has 0 spiro atoms. The van der Waals surface area contributed by atoms with Gasteiger partial charge >= 0.3 is 13.8 Å². The van der Waals surface area contributed by atoms with Crippen LogP contribution in [-0.4, -0.2) is 74.3 Å². The largest absolute Gasteiger partial charge is 0.472 e. The van der Waals surface area contributed by atoms with Crippen molar-refractivity contribution in [3.63, 3.8) is 0 Å². The second-order valence-electron chi connectivity index (χ2n) is 21.2. The Labute approximate surface area is 433 Å². The molecule has 0 heterocycles. The van der Waals surface area contributed by atoms with Gasteiger partial charge in [0.1, 0.15) is 19.3 Å². The number of carbonyl (C=O) groups is 2. The second kappa shape index (κ2) is 50.5. The van der Waals surface area contributed by atoms with Crippen LogP contribution in [0.4, 0.5) is 0 Å².